The lowest BCUT2D eigenvalue weighted by molar-refractivity contribution is 0.0684. The van der Waals surface area contributed by atoms with E-state index in [4.69, 9.17) is 0 Å². The number of amides is 1. The van der Waals surface area contributed by atoms with Gasteiger partial charge in [0.2, 0.25) is 0 Å². The Morgan fingerprint density at radius 3 is 2.13 bits per heavy atom. The highest BCUT2D eigenvalue weighted by molar-refractivity contribution is 5.95. The van der Waals surface area contributed by atoms with Crippen LogP contribution in [0.2, 0.25) is 0 Å². The predicted octanol–water partition coefficient (Wildman–Crippen LogP) is 3.81. The number of carbonyl (C=O) groups is 1. The van der Waals surface area contributed by atoms with Crippen molar-refractivity contribution >= 4 is 5.91 Å². The van der Waals surface area contributed by atoms with Crippen LogP contribution in [0.1, 0.15) is 57.7 Å². The lowest BCUT2D eigenvalue weighted by Gasteiger charge is -2.44. The first-order valence-corrected chi connectivity index (χ1v) is 11.0. The van der Waals surface area contributed by atoms with E-state index in [0.29, 0.717) is 24.5 Å². The van der Waals surface area contributed by atoms with Gasteiger partial charge in [-0.05, 0) is 48.4 Å². The third-order valence-corrected chi connectivity index (χ3v) is 6.56. The van der Waals surface area contributed by atoms with Gasteiger partial charge in [0.15, 0.2) is 5.43 Å². The van der Waals surface area contributed by atoms with Crippen LogP contribution in [-0.2, 0) is 12.8 Å². The largest absolute Gasteiger partial charge is 0.318 e. The Bertz CT molecular complexity index is 1170. The van der Waals surface area contributed by atoms with Gasteiger partial charge in [-0.1, -0.05) is 55.5 Å². The van der Waals surface area contributed by atoms with Crippen molar-refractivity contribution in [3.8, 4) is 0 Å². The van der Waals surface area contributed by atoms with E-state index >= 15 is 0 Å². The van der Waals surface area contributed by atoms with Gasteiger partial charge in [0, 0.05) is 24.4 Å². The molecule has 3 aromatic rings. The summed E-state index contributed by atoms with van der Waals surface area (Å²) in [4.78, 5) is 27.6. The first kappa shape index (κ1) is 19.6. The van der Waals surface area contributed by atoms with Gasteiger partial charge in [-0.3, -0.25) is 19.3 Å². The molecule has 1 amide bonds. The van der Waals surface area contributed by atoms with E-state index < -0.39 is 0 Å². The van der Waals surface area contributed by atoms with E-state index in [1.807, 2.05) is 9.58 Å². The molecule has 2 aliphatic rings. The van der Waals surface area contributed by atoms with Crippen molar-refractivity contribution in [3.05, 3.63) is 105 Å². The second-order valence-corrected chi connectivity index (χ2v) is 8.45. The SMILES string of the molecule is CCCN1CN(C2c3ccccc3CCc3ccccc32)n2ccc(=O)c(C)c2C1=O. The number of rotatable bonds is 3. The summed E-state index contributed by atoms with van der Waals surface area (Å²) >= 11 is 0. The van der Waals surface area contributed by atoms with E-state index in [0.717, 1.165) is 19.3 Å². The lowest BCUT2D eigenvalue weighted by atomic mass is 9.94. The Kier molecular flexibility index (Phi) is 4.89. The van der Waals surface area contributed by atoms with Crippen molar-refractivity contribution in [2.75, 3.05) is 18.2 Å². The molecule has 0 atom stereocenters. The van der Waals surface area contributed by atoms with Gasteiger partial charge in [-0.2, -0.15) is 0 Å². The molecule has 31 heavy (non-hydrogen) atoms. The Morgan fingerprint density at radius 1 is 0.903 bits per heavy atom. The fourth-order valence-corrected chi connectivity index (χ4v) is 5.02. The summed E-state index contributed by atoms with van der Waals surface area (Å²) in [6.45, 7) is 4.98. The van der Waals surface area contributed by atoms with Crippen molar-refractivity contribution in [1.29, 1.82) is 0 Å². The number of hydrogen-bond donors (Lipinski definition) is 0. The first-order chi connectivity index (χ1) is 15.1. The molecule has 0 bridgehead atoms. The Balaban J connectivity index is 1.77. The van der Waals surface area contributed by atoms with E-state index in [1.54, 1.807) is 19.2 Å². The van der Waals surface area contributed by atoms with Crippen LogP contribution >= 0.6 is 0 Å². The Morgan fingerprint density at radius 2 is 1.52 bits per heavy atom. The van der Waals surface area contributed by atoms with Crippen LogP contribution in [0.3, 0.4) is 0 Å². The highest BCUT2D eigenvalue weighted by Crippen LogP contribution is 2.37. The Hall–Kier alpha value is -3.34. The molecule has 5 heteroatoms. The van der Waals surface area contributed by atoms with Crippen LogP contribution in [-0.4, -0.2) is 28.7 Å². The van der Waals surface area contributed by atoms with E-state index in [1.165, 1.54) is 22.3 Å². The van der Waals surface area contributed by atoms with Gasteiger partial charge in [0.1, 0.15) is 12.4 Å². The molecule has 158 valence electrons. The quantitative estimate of drug-likeness (QED) is 0.656. The average molecular weight is 414 g/mol. The minimum atomic E-state index is -0.0976. The van der Waals surface area contributed by atoms with Crippen LogP contribution in [0.15, 0.2) is 65.6 Å². The molecule has 1 aliphatic carbocycles. The third-order valence-electron chi connectivity index (χ3n) is 6.56. The second-order valence-electron chi connectivity index (χ2n) is 8.45. The minimum absolute atomic E-state index is 0.0389. The molecule has 1 aliphatic heterocycles. The summed E-state index contributed by atoms with van der Waals surface area (Å²) in [6.07, 6.45) is 4.62. The monoisotopic (exact) mass is 413 g/mol. The molecule has 0 saturated carbocycles. The number of aryl methyl sites for hydroxylation is 2. The highest BCUT2D eigenvalue weighted by Gasteiger charge is 2.37. The molecule has 2 heterocycles. The molecule has 0 spiro atoms. The summed E-state index contributed by atoms with van der Waals surface area (Å²) in [6, 6.07) is 18.8. The van der Waals surface area contributed by atoms with Gasteiger partial charge >= 0.3 is 0 Å². The van der Waals surface area contributed by atoms with Crippen molar-refractivity contribution in [3.63, 3.8) is 0 Å². The van der Waals surface area contributed by atoms with Crippen molar-refractivity contribution < 1.29 is 4.79 Å². The summed E-state index contributed by atoms with van der Waals surface area (Å²) in [7, 11) is 0. The molecule has 2 aromatic carbocycles. The molecule has 0 N–H and O–H groups in total. The standard InChI is InChI=1S/C26H27N3O2/c1-3-15-27-17-29(28-16-14-23(30)18(2)24(28)26(27)31)25-21-10-6-4-8-19(21)12-13-20-9-5-7-11-22(20)25/h4-11,14,16,25H,3,12-13,15,17H2,1-2H3. The fraction of sp³-hybridized carbons (Fsp3) is 0.308. The molecule has 0 unspecified atom stereocenters. The normalized spacial score (nSPS) is 15.9. The fourth-order valence-electron chi connectivity index (χ4n) is 5.02. The second kappa shape index (κ2) is 7.73. The van der Waals surface area contributed by atoms with Crippen LogP contribution in [0.4, 0.5) is 0 Å². The molecular formula is C26H27N3O2. The molecular weight excluding hydrogens is 386 g/mol. The van der Waals surface area contributed by atoms with Gasteiger partial charge in [-0.25, -0.2) is 0 Å². The van der Waals surface area contributed by atoms with Crippen molar-refractivity contribution in [2.45, 2.75) is 39.2 Å². The number of benzene rings is 2. The maximum atomic E-state index is 13.3. The smallest absolute Gasteiger partial charge is 0.274 e. The summed E-state index contributed by atoms with van der Waals surface area (Å²) < 4.78 is 1.93. The third kappa shape index (κ3) is 3.16. The van der Waals surface area contributed by atoms with E-state index in [9.17, 15) is 9.59 Å². The summed E-state index contributed by atoms with van der Waals surface area (Å²) in [5.74, 6) is -0.0662. The predicted molar refractivity (Wildman–Crippen MR) is 122 cm³/mol. The molecule has 0 radical (unpaired) electrons. The van der Waals surface area contributed by atoms with Crippen molar-refractivity contribution in [1.82, 2.24) is 9.58 Å². The van der Waals surface area contributed by atoms with Crippen LogP contribution in [0, 0.1) is 6.92 Å². The minimum Gasteiger partial charge on any atom is -0.318 e. The molecule has 0 saturated heterocycles. The molecule has 5 nitrogen and oxygen atoms in total. The van der Waals surface area contributed by atoms with Crippen LogP contribution in [0.25, 0.3) is 0 Å². The first-order valence-electron chi connectivity index (χ1n) is 11.0. The van der Waals surface area contributed by atoms with Crippen LogP contribution < -0.4 is 10.4 Å². The number of fused-ring (bicyclic) bond motifs is 3. The summed E-state index contributed by atoms with van der Waals surface area (Å²) in [5.41, 5.74) is 6.09. The zero-order chi connectivity index (χ0) is 21.5. The lowest BCUT2D eigenvalue weighted by Crippen LogP contribution is -2.56. The van der Waals surface area contributed by atoms with Crippen molar-refractivity contribution in [2.24, 2.45) is 0 Å². The number of aromatic nitrogens is 1. The molecule has 5 rings (SSSR count). The van der Waals surface area contributed by atoms with E-state index in [-0.39, 0.29) is 17.4 Å². The summed E-state index contributed by atoms with van der Waals surface area (Å²) in [5, 5.41) is 2.25. The number of nitrogens with zero attached hydrogens (tertiary/aromatic N) is 3. The van der Waals surface area contributed by atoms with Gasteiger partial charge in [0.05, 0.1) is 6.04 Å². The molecule has 0 fully saturated rings. The van der Waals surface area contributed by atoms with Gasteiger partial charge < -0.3 is 4.90 Å². The van der Waals surface area contributed by atoms with Gasteiger partial charge in [0.25, 0.3) is 5.91 Å². The number of carbonyl (C=O) groups excluding carboxylic acids is 1. The maximum absolute atomic E-state index is 13.3. The highest BCUT2D eigenvalue weighted by atomic mass is 16.2. The van der Waals surface area contributed by atoms with Crippen LogP contribution in [0.5, 0.6) is 0 Å². The maximum Gasteiger partial charge on any atom is 0.274 e. The topological polar surface area (TPSA) is 45.5 Å². The average Bonchev–Trinajstić information content (AvgIpc) is 2.95. The Labute approximate surface area is 182 Å². The number of hydrogen-bond acceptors (Lipinski definition) is 3. The zero-order valence-corrected chi connectivity index (χ0v) is 18.0. The number of pyridine rings is 1. The zero-order valence-electron chi connectivity index (χ0n) is 18.0. The molecule has 1 aromatic heterocycles. The van der Waals surface area contributed by atoms with Gasteiger partial charge in [-0.15, -0.1) is 0 Å². The van der Waals surface area contributed by atoms with E-state index in [2.05, 4.69) is 60.5 Å².